The molecule has 0 unspecified atom stereocenters. The van der Waals surface area contributed by atoms with Crippen molar-refractivity contribution in [1.29, 1.82) is 0 Å². The monoisotopic (exact) mass is 333 g/mol. The lowest BCUT2D eigenvalue weighted by Gasteiger charge is -2.10. The number of halogens is 1. The molecule has 0 radical (unpaired) electrons. The summed E-state index contributed by atoms with van der Waals surface area (Å²) in [5, 5.41) is 10.4. The first-order valence-corrected chi connectivity index (χ1v) is 6.79. The van der Waals surface area contributed by atoms with Gasteiger partial charge in [-0.3, -0.25) is 5.10 Å². The highest BCUT2D eigenvalue weighted by Crippen LogP contribution is 2.31. The van der Waals surface area contributed by atoms with Crippen molar-refractivity contribution < 1.29 is 4.74 Å². The minimum atomic E-state index is 0.467. The van der Waals surface area contributed by atoms with Crippen molar-refractivity contribution in [3.63, 3.8) is 0 Å². The van der Waals surface area contributed by atoms with Gasteiger partial charge in [0.2, 0.25) is 11.8 Å². The molecule has 2 heterocycles. The summed E-state index contributed by atoms with van der Waals surface area (Å²) in [6.45, 7) is 1.98. The quantitative estimate of drug-likeness (QED) is 0.769. The molecule has 0 aliphatic heterocycles. The van der Waals surface area contributed by atoms with Gasteiger partial charge in [0, 0.05) is 11.5 Å². The van der Waals surface area contributed by atoms with Crippen LogP contribution < -0.4 is 10.1 Å². The van der Waals surface area contributed by atoms with Crippen molar-refractivity contribution in [2.75, 3.05) is 12.4 Å². The molecule has 2 N–H and O–H groups in total. The van der Waals surface area contributed by atoms with Gasteiger partial charge < -0.3 is 10.1 Å². The summed E-state index contributed by atoms with van der Waals surface area (Å²) in [6.07, 6.45) is 1.65. The van der Waals surface area contributed by atoms with E-state index in [4.69, 9.17) is 4.74 Å². The Bertz CT molecular complexity index is 771. The van der Waals surface area contributed by atoms with E-state index in [-0.39, 0.29) is 0 Å². The molecule has 0 fully saturated rings. The summed E-state index contributed by atoms with van der Waals surface area (Å²) in [4.78, 5) is 8.60. The average molecular weight is 334 g/mol. The number of aromatic nitrogens is 4. The Morgan fingerprint density at radius 2 is 2.15 bits per heavy atom. The molecule has 7 heteroatoms. The van der Waals surface area contributed by atoms with Crippen molar-refractivity contribution in [3.8, 4) is 11.6 Å². The zero-order chi connectivity index (χ0) is 14.1. The summed E-state index contributed by atoms with van der Waals surface area (Å²) in [5.41, 5.74) is 1.65. The first-order valence-electron chi connectivity index (χ1n) is 6.00. The van der Waals surface area contributed by atoms with Crippen LogP contribution in [0.1, 0.15) is 5.56 Å². The second kappa shape index (κ2) is 5.09. The van der Waals surface area contributed by atoms with Crippen LogP contribution in [0.4, 0.5) is 5.95 Å². The van der Waals surface area contributed by atoms with Gasteiger partial charge in [0.05, 0.1) is 6.20 Å². The number of aryl methyl sites for hydroxylation is 1. The van der Waals surface area contributed by atoms with Crippen molar-refractivity contribution in [2.24, 2.45) is 0 Å². The third-order valence-corrected chi connectivity index (χ3v) is 3.35. The first-order chi connectivity index (χ1) is 9.67. The van der Waals surface area contributed by atoms with Crippen LogP contribution in [0.3, 0.4) is 0 Å². The molecule has 20 heavy (non-hydrogen) atoms. The van der Waals surface area contributed by atoms with Gasteiger partial charge in [0.15, 0.2) is 5.65 Å². The summed E-state index contributed by atoms with van der Waals surface area (Å²) in [6, 6.07) is 5.85. The van der Waals surface area contributed by atoms with Gasteiger partial charge in [-0.1, -0.05) is 22.0 Å². The molecular formula is C13H12BrN5O. The Labute approximate surface area is 123 Å². The van der Waals surface area contributed by atoms with Gasteiger partial charge in [-0.2, -0.15) is 15.1 Å². The largest absolute Gasteiger partial charge is 0.438 e. The number of benzene rings is 1. The Morgan fingerprint density at radius 1 is 1.30 bits per heavy atom. The van der Waals surface area contributed by atoms with E-state index in [1.54, 1.807) is 13.2 Å². The van der Waals surface area contributed by atoms with E-state index in [1.165, 1.54) is 0 Å². The van der Waals surface area contributed by atoms with E-state index in [9.17, 15) is 0 Å². The van der Waals surface area contributed by atoms with Gasteiger partial charge in [-0.25, -0.2) is 0 Å². The van der Waals surface area contributed by atoms with E-state index < -0.39 is 0 Å². The van der Waals surface area contributed by atoms with E-state index in [0.717, 1.165) is 21.2 Å². The second-order valence-electron chi connectivity index (χ2n) is 4.25. The zero-order valence-electron chi connectivity index (χ0n) is 10.9. The highest BCUT2D eigenvalue weighted by atomic mass is 79.9. The summed E-state index contributed by atoms with van der Waals surface area (Å²) in [5.74, 6) is 1.68. The number of fused-ring (bicyclic) bond motifs is 1. The highest BCUT2D eigenvalue weighted by molar-refractivity contribution is 9.10. The molecule has 3 aromatic rings. The lowest BCUT2D eigenvalue weighted by atomic mass is 10.2. The lowest BCUT2D eigenvalue weighted by molar-refractivity contribution is 0.465. The molecule has 1 aromatic carbocycles. The van der Waals surface area contributed by atoms with Crippen LogP contribution in [-0.4, -0.2) is 27.2 Å². The molecule has 2 aromatic heterocycles. The fraction of sp³-hybridized carbons (Fsp3) is 0.154. The number of nitrogens with zero attached hydrogens (tertiary/aromatic N) is 3. The molecule has 0 saturated carbocycles. The maximum absolute atomic E-state index is 5.92. The van der Waals surface area contributed by atoms with Crippen molar-refractivity contribution >= 4 is 32.9 Å². The molecule has 0 bridgehead atoms. The van der Waals surface area contributed by atoms with Crippen LogP contribution >= 0.6 is 15.9 Å². The van der Waals surface area contributed by atoms with Crippen LogP contribution in [0.5, 0.6) is 11.6 Å². The number of hydrogen-bond donors (Lipinski definition) is 2. The second-order valence-corrected chi connectivity index (χ2v) is 5.16. The average Bonchev–Trinajstić information content (AvgIpc) is 2.91. The van der Waals surface area contributed by atoms with Crippen molar-refractivity contribution in [2.45, 2.75) is 6.92 Å². The maximum atomic E-state index is 5.92. The number of nitrogens with one attached hydrogen (secondary N) is 2. The van der Waals surface area contributed by atoms with Gasteiger partial charge in [-0.05, 0) is 24.6 Å². The van der Waals surface area contributed by atoms with Gasteiger partial charge in [0.1, 0.15) is 11.1 Å². The SMILES string of the molecule is CNc1nc(Oc2cc(Br)ccc2C)c2cn[nH]c2n1. The smallest absolute Gasteiger partial charge is 0.235 e. The molecule has 0 atom stereocenters. The van der Waals surface area contributed by atoms with Gasteiger partial charge in [0.25, 0.3) is 0 Å². The number of rotatable bonds is 3. The summed E-state index contributed by atoms with van der Waals surface area (Å²) >= 11 is 3.44. The normalized spacial score (nSPS) is 10.8. The fourth-order valence-electron chi connectivity index (χ4n) is 1.79. The topological polar surface area (TPSA) is 75.7 Å². The molecule has 0 aliphatic carbocycles. The predicted octanol–water partition coefficient (Wildman–Crippen LogP) is 3.26. The van der Waals surface area contributed by atoms with E-state index in [0.29, 0.717) is 17.5 Å². The standard InChI is InChI=1S/C13H12BrN5O/c1-7-3-4-8(14)5-10(7)20-12-9-6-16-19-11(9)17-13(15-2)18-12/h3-6H,1-2H3,(H2,15,16,17,18,19). The summed E-state index contributed by atoms with van der Waals surface area (Å²) in [7, 11) is 1.76. The van der Waals surface area contributed by atoms with Gasteiger partial charge in [-0.15, -0.1) is 0 Å². The Hall–Kier alpha value is -2.15. The number of H-pyrrole nitrogens is 1. The van der Waals surface area contributed by atoms with E-state index in [1.807, 2.05) is 25.1 Å². The molecule has 0 spiro atoms. The fourth-order valence-corrected chi connectivity index (χ4v) is 2.13. The van der Waals surface area contributed by atoms with Crippen molar-refractivity contribution in [3.05, 3.63) is 34.4 Å². The van der Waals surface area contributed by atoms with E-state index in [2.05, 4.69) is 41.4 Å². The van der Waals surface area contributed by atoms with Gasteiger partial charge >= 0.3 is 0 Å². The molecule has 0 aliphatic rings. The molecule has 6 nitrogen and oxygen atoms in total. The predicted molar refractivity (Wildman–Crippen MR) is 80.2 cm³/mol. The third-order valence-electron chi connectivity index (χ3n) is 2.86. The molecule has 0 amide bonds. The number of hydrogen-bond acceptors (Lipinski definition) is 5. The number of ether oxygens (including phenoxy) is 1. The minimum Gasteiger partial charge on any atom is -0.438 e. The first kappa shape index (κ1) is 12.9. The highest BCUT2D eigenvalue weighted by Gasteiger charge is 2.12. The minimum absolute atomic E-state index is 0.467. The van der Waals surface area contributed by atoms with Crippen LogP contribution in [0.15, 0.2) is 28.9 Å². The Morgan fingerprint density at radius 3 is 2.95 bits per heavy atom. The van der Waals surface area contributed by atoms with Crippen molar-refractivity contribution in [1.82, 2.24) is 20.2 Å². The molecule has 0 saturated heterocycles. The number of aromatic amines is 1. The Kier molecular flexibility index (Phi) is 3.27. The van der Waals surface area contributed by atoms with E-state index >= 15 is 0 Å². The van der Waals surface area contributed by atoms with Crippen LogP contribution in [0, 0.1) is 6.92 Å². The number of anilines is 1. The van der Waals surface area contributed by atoms with Crippen LogP contribution in [0.25, 0.3) is 11.0 Å². The van der Waals surface area contributed by atoms with Crippen LogP contribution in [0.2, 0.25) is 0 Å². The summed E-state index contributed by atoms with van der Waals surface area (Å²) < 4.78 is 6.87. The maximum Gasteiger partial charge on any atom is 0.235 e. The molecular weight excluding hydrogens is 322 g/mol. The molecule has 102 valence electrons. The molecule has 3 rings (SSSR count). The third kappa shape index (κ3) is 2.32. The zero-order valence-corrected chi connectivity index (χ0v) is 12.5. The van der Waals surface area contributed by atoms with Crippen LogP contribution in [-0.2, 0) is 0 Å². The lowest BCUT2D eigenvalue weighted by Crippen LogP contribution is -1.99. The Balaban J connectivity index is 2.09.